The molecule has 0 aromatic heterocycles. The standard InChI is InChI=1S/C16H20O2/c1-9-7-12-13(8-11(9)10(2)17)16(5,6)14(18)15(12,3)4/h7-8H,1-6H3. The molecule has 0 amide bonds. The molecule has 0 N–H and O–H groups in total. The van der Waals surface area contributed by atoms with Gasteiger partial charge < -0.3 is 0 Å². The summed E-state index contributed by atoms with van der Waals surface area (Å²) in [4.78, 5) is 24.1. The van der Waals surface area contributed by atoms with Crippen molar-refractivity contribution in [2.45, 2.75) is 52.4 Å². The Balaban J connectivity index is 2.81. The van der Waals surface area contributed by atoms with Gasteiger partial charge in [-0.2, -0.15) is 0 Å². The minimum Gasteiger partial charge on any atom is -0.298 e. The van der Waals surface area contributed by atoms with Crippen molar-refractivity contribution in [3.05, 3.63) is 34.4 Å². The van der Waals surface area contributed by atoms with Gasteiger partial charge in [-0.3, -0.25) is 9.59 Å². The first-order valence-electron chi connectivity index (χ1n) is 6.31. The van der Waals surface area contributed by atoms with Crippen LogP contribution in [0.15, 0.2) is 12.1 Å². The minimum absolute atomic E-state index is 0.0586. The highest BCUT2D eigenvalue weighted by molar-refractivity contribution is 6.04. The number of ketones is 2. The van der Waals surface area contributed by atoms with Crippen LogP contribution in [0.5, 0.6) is 0 Å². The molecule has 18 heavy (non-hydrogen) atoms. The number of aryl methyl sites for hydroxylation is 1. The quantitative estimate of drug-likeness (QED) is 0.710. The molecule has 2 rings (SSSR count). The molecule has 0 spiro atoms. The van der Waals surface area contributed by atoms with Crippen LogP contribution in [-0.4, -0.2) is 11.6 Å². The van der Waals surface area contributed by atoms with Gasteiger partial charge in [-0.25, -0.2) is 0 Å². The van der Waals surface area contributed by atoms with Crippen LogP contribution in [0.3, 0.4) is 0 Å². The van der Waals surface area contributed by atoms with Crippen LogP contribution in [0.1, 0.15) is 61.7 Å². The third-order valence-electron chi connectivity index (χ3n) is 4.23. The summed E-state index contributed by atoms with van der Waals surface area (Å²) in [5.41, 5.74) is 2.80. The highest BCUT2D eigenvalue weighted by Crippen LogP contribution is 2.47. The Hall–Kier alpha value is -1.44. The first kappa shape index (κ1) is 13.0. The molecule has 1 aliphatic rings. The summed E-state index contributed by atoms with van der Waals surface area (Å²) < 4.78 is 0. The average molecular weight is 244 g/mol. The van der Waals surface area contributed by atoms with Crippen LogP contribution in [0.4, 0.5) is 0 Å². The van der Waals surface area contributed by atoms with Crippen molar-refractivity contribution < 1.29 is 9.59 Å². The van der Waals surface area contributed by atoms with Gasteiger partial charge in [-0.05, 0) is 64.3 Å². The molecule has 1 aliphatic carbocycles. The fourth-order valence-corrected chi connectivity index (χ4v) is 3.15. The molecular formula is C16H20O2. The summed E-state index contributed by atoms with van der Waals surface area (Å²) in [6, 6.07) is 3.93. The molecule has 2 nitrogen and oxygen atoms in total. The van der Waals surface area contributed by atoms with Crippen LogP contribution >= 0.6 is 0 Å². The summed E-state index contributed by atoms with van der Waals surface area (Å²) in [7, 11) is 0. The number of fused-ring (bicyclic) bond motifs is 1. The number of rotatable bonds is 1. The maximum absolute atomic E-state index is 12.5. The molecule has 96 valence electrons. The number of carbonyl (C=O) groups excluding carboxylic acids is 2. The fourth-order valence-electron chi connectivity index (χ4n) is 3.15. The molecule has 2 heteroatoms. The lowest BCUT2D eigenvalue weighted by atomic mass is 9.80. The van der Waals surface area contributed by atoms with Crippen LogP contribution < -0.4 is 0 Å². The van der Waals surface area contributed by atoms with E-state index in [0.29, 0.717) is 0 Å². The van der Waals surface area contributed by atoms with Crippen molar-refractivity contribution >= 4 is 11.6 Å². The Morgan fingerprint density at radius 2 is 1.44 bits per heavy atom. The van der Waals surface area contributed by atoms with E-state index in [1.54, 1.807) is 6.92 Å². The highest BCUT2D eigenvalue weighted by atomic mass is 16.1. The van der Waals surface area contributed by atoms with Gasteiger partial charge in [-0.1, -0.05) is 6.07 Å². The normalized spacial score (nSPS) is 19.8. The maximum Gasteiger partial charge on any atom is 0.160 e. The lowest BCUT2D eigenvalue weighted by Gasteiger charge is -2.21. The average Bonchev–Trinajstić information content (AvgIpc) is 2.37. The topological polar surface area (TPSA) is 34.1 Å². The van der Waals surface area contributed by atoms with E-state index < -0.39 is 10.8 Å². The number of carbonyl (C=O) groups is 2. The minimum atomic E-state index is -0.503. The molecule has 0 fully saturated rings. The summed E-state index contributed by atoms with van der Waals surface area (Å²) in [5.74, 6) is 0.286. The van der Waals surface area contributed by atoms with Gasteiger partial charge >= 0.3 is 0 Å². The summed E-state index contributed by atoms with van der Waals surface area (Å²) in [6.45, 7) is 11.3. The van der Waals surface area contributed by atoms with Crippen molar-refractivity contribution in [3.8, 4) is 0 Å². The molecule has 0 atom stereocenters. The molecule has 0 saturated carbocycles. The van der Waals surface area contributed by atoms with Crippen molar-refractivity contribution in [2.24, 2.45) is 0 Å². The Morgan fingerprint density at radius 3 is 1.89 bits per heavy atom. The SMILES string of the molecule is CC(=O)c1cc2c(cc1C)C(C)(C)C(=O)C2(C)C. The second-order valence-corrected chi connectivity index (χ2v) is 6.35. The molecule has 0 radical (unpaired) electrons. The predicted octanol–water partition coefficient (Wildman–Crippen LogP) is 3.34. The third-order valence-corrected chi connectivity index (χ3v) is 4.23. The zero-order valence-corrected chi connectivity index (χ0v) is 12.0. The van der Waals surface area contributed by atoms with Crippen LogP contribution in [0, 0.1) is 6.92 Å². The van der Waals surface area contributed by atoms with E-state index in [9.17, 15) is 9.59 Å². The lowest BCUT2D eigenvalue weighted by molar-refractivity contribution is -0.126. The van der Waals surface area contributed by atoms with E-state index in [0.717, 1.165) is 22.3 Å². The fraction of sp³-hybridized carbons (Fsp3) is 0.500. The smallest absolute Gasteiger partial charge is 0.160 e. The van der Waals surface area contributed by atoms with Gasteiger partial charge in [0.25, 0.3) is 0 Å². The zero-order chi connectivity index (χ0) is 13.9. The maximum atomic E-state index is 12.5. The van der Waals surface area contributed by atoms with E-state index in [4.69, 9.17) is 0 Å². The first-order chi connectivity index (χ1) is 8.10. The molecule has 0 heterocycles. The first-order valence-corrected chi connectivity index (χ1v) is 6.31. The zero-order valence-electron chi connectivity index (χ0n) is 12.0. The van der Waals surface area contributed by atoms with Crippen LogP contribution in [0.25, 0.3) is 0 Å². The number of benzene rings is 1. The Bertz CT molecular complexity index is 563. The summed E-state index contributed by atoms with van der Waals surface area (Å²) in [6.07, 6.45) is 0. The van der Waals surface area contributed by atoms with E-state index in [1.807, 2.05) is 46.8 Å². The highest BCUT2D eigenvalue weighted by Gasteiger charge is 2.50. The molecule has 0 unspecified atom stereocenters. The van der Waals surface area contributed by atoms with Crippen molar-refractivity contribution in [2.75, 3.05) is 0 Å². The van der Waals surface area contributed by atoms with Gasteiger partial charge in [0.2, 0.25) is 0 Å². The molecule has 0 aliphatic heterocycles. The molecule has 0 saturated heterocycles. The summed E-state index contributed by atoms with van der Waals surface area (Å²) >= 11 is 0. The van der Waals surface area contributed by atoms with Gasteiger partial charge in [-0.15, -0.1) is 0 Å². The lowest BCUT2D eigenvalue weighted by Crippen LogP contribution is -2.33. The number of hydrogen-bond donors (Lipinski definition) is 0. The third kappa shape index (κ3) is 1.48. The summed E-state index contributed by atoms with van der Waals surface area (Å²) in [5, 5.41) is 0. The van der Waals surface area contributed by atoms with Crippen LogP contribution in [0.2, 0.25) is 0 Å². The van der Waals surface area contributed by atoms with Gasteiger partial charge in [0.15, 0.2) is 11.6 Å². The van der Waals surface area contributed by atoms with Gasteiger partial charge in [0.1, 0.15) is 0 Å². The van der Waals surface area contributed by atoms with Gasteiger partial charge in [0.05, 0.1) is 0 Å². The predicted molar refractivity (Wildman–Crippen MR) is 72.2 cm³/mol. The molecule has 1 aromatic carbocycles. The Labute approximate surface area is 108 Å². The van der Waals surface area contributed by atoms with E-state index in [2.05, 4.69) is 0 Å². The monoisotopic (exact) mass is 244 g/mol. The molecule has 0 bridgehead atoms. The van der Waals surface area contributed by atoms with E-state index in [-0.39, 0.29) is 11.6 Å². The van der Waals surface area contributed by atoms with Crippen molar-refractivity contribution in [1.29, 1.82) is 0 Å². The Kier molecular flexibility index (Phi) is 2.55. The number of Topliss-reactive ketones (excluding diaryl/α,β-unsaturated/α-hetero) is 2. The van der Waals surface area contributed by atoms with E-state index >= 15 is 0 Å². The van der Waals surface area contributed by atoms with Gasteiger partial charge in [0, 0.05) is 16.4 Å². The Morgan fingerprint density at radius 1 is 1.00 bits per heavy atom. The van der Waals surface area contributed by atoms with Crippen molar-refractivity contribution in [3.63, 3.8) is 0 Å². The van der Waals surface area contributed by atoms with Crippen LogP contribution in [-0.2, 0) is 15.6 Å². The number of hydrogen-bond acceptors (Lipinski definition) is 2. The largest absolute Gasteiger partial charge is 0.298 e. The second-order valence-electron chi connectivity index (χ2n) is 6.35. The van der Waals surface area contributed by atoms with E-state index in [1.165, 1.54) is 0 Å². The molecule has 1 aromatic rings. The second kappa shape index (κ2) is 3.53. The van der Waals surface area contributed by atoms with Crippen molar-refractivity contribution in [1.82, 2.24) is 0 Å². The molecular weight excluding hydrogens is 224 g/mol.